The molecule has 2 atom stereocenters. The number of aromatic nitrogens is 3. The zero-order valence-corrected chi connectivity index (χ0v) is 18.5. The Kier molecular flexibility index (Phi) is 5.30. The topological polar surface area (TPSA) is 112 Å². The predicted molar refractivity (Wildman–Crippen MR) is 126 cm³/mol. The Morgan fingerprint density at radius 2 is 1.85 bits per heavy atom. The number of hydrogen-bond acceptors (Lipinski definition) is 5. The Bertz CT molecular complexity index is 1430. The standard InChI is InChI=1S/C25H26N4O4/c1-3-15-12-18-17-6-4-5-7-19(17)27-21(18)22(26-15)20-23(30)28-25(32)29(24(20)31)13-14-8-10-16(33-2)11-9-14/h4-11,15,22,26-27,31H,3,12-13H2,1-2H3,(H,28,30,32)/t15-,22-/m0/s1. The second-order valence-electron chi connectivity index (χ2n) is 8.40. The van der Waals surface area contributed by atoms with Crippen LogP contribution in [0, 0.1) is 0 Å². The van der Waals surface area contributed by atoms with E-state index in [2.05, 4.69) is 28.3 Å². The molecule has 0 fully saturated rings. The lowest BCUT2D eigenvalue weighted by Crippen LogP contribution is -2.43. The third-order valence-corrected chi connectivity index (χ3v) is 6.48. The van der Waals surface area contributed by atoms with Gasteiger partial charge in [0.25, 0.3) is 5.56 Å². The minimum absolute atomic E-state index is 0.113. The van der Waals surface area contributed by atoms with E-state index in [1.54, 1.807) is 19.2 Å². The summed E-state index contributed by atoms with van der Waals surface area (Å²) in [5, 5.41) is 15.8. The number of nitrogens with one attached hydrogen (secondary N) is 3. The normalized spacial score (nSPS) is 17.8. The lowest BCUT2D eigenvalue weighted by molar-refractivity contribution is 0.372. The van der Waals surface area contributed by atoms with Crippen LogP contribution in [0.3, 0.4) is 0 Å². The first-order chi connectivity index (χ1) is 16.0. The first kappa shape index (κ1) is 21.1. The van der Waals surface area contributed by atoms with E-state index in [9.17, 15) is 14.7 Å². The number of rotatable bonds is 5. The van der Waals surface area contributed by atoms with Crippen LogP contribution in [0.5, 0.6) is 11.6 Å². The highest BCUT2D eigenvalue weighted by molar-refractivity contribution is 5.85. The fraction of sp³-hybridized carbons (Fsp3) is 0.280. The maximum absolute atomic E-state index is 13.0. The highest BCUT2D eigenvalue weighted by Crippen LogP contribution is 2.36. The van der Waals surface area contributed by atoms with Crippen molar-refractivity contribution < 1.29 is 9.84 Å². The summed E-state index contributed by atoms with van der Waals surface area (Å²) in [4.78, 5) is 31.4. The molecule has 0 unspecified atom stereocenters. The van der Waals surface area contributed by atoms with Crippen LogP contribution in [0.4, 0.5) is 0 Å². The average molecular weight is 447 g/mol. The van der Waals surface area contributed by atoms with E-state index in [1.165, 1.54) is 4.57 Å². The smallest absolute Gasteiger partial charge is 0.331 e. The van der Waals surface area contributed by atoms with E-state index in [-0.39, 0.29) is 24.0 Å². The van der Waals surface area contributed by atoms with Gasteiger partial charge >= 0.3 is 5.69 Å². The average Bonchev–Trinajstić information content (AvgIpc) is 3.20. The number of H-pyrrole nitrogens is 2. The number of ether oxygens (including phenoxy) is 1. The molecule has 0 spiro atoms. The number of aromatic amines is 2. The first-order valence-corrected chi connectivity index (χ1v) is 11.0. The monoisotopic (exact) mass is 446 g/mol. The van der Waals surface area contributed by atoms with Crippen molar-refractivity contribution in [1.82, 2.24) is 19.9 Å². The fourth-order valence-electron chi connectivity index (χ4n) is 4.70. The molecule has 2 aromatic carbocycles. The molecule has 2 aromatic heterocycles. The van der Waals surface area contributed by atoms with Gasteiger partial charge in [-0.25, -0.2) is 4.79 Å². The Morgan fingerprint density at radius 1 is 1.09 bits per heavy atom. The zero-order chi connectivity index (χ0) is 23.1. The van der Waals surface area contributed by atoms with Crippen LogP contribution in [-0.4, -0.2) is 32.8 Å². The summed E-state index contributed by atoms with van der Waals surface area (Å²) in [5.41, 5.74) is 2.63. The number of methoxy groups -OCH3 is 1. The predicted octanol–water partition coefficient (Wildman–Crippen LogP) is 2.79. The molecule has 8 nitrogen and oxygen atoms in total. The van der Waals surface area contributed by atoms with Crippen LogP contribution in [0.25, 0.3) is 10.9 Å². The first-order valence-electron chi connectivity index (χ1n) is 11.0. The minimum Gasteiger partial charge on any atom is -0.497 e. The number of hydrogen-bond donors (Lipinski definition) is 4. The molecular formula is C25H26N4O4. The molecule has 33 heavy (non-hydrogen) atoms. The van der Waals surface area contributed by atoms with Crippen molar-refractivity contribution in [2.24, 2.45) is 0 Å². The van der Waals surface area contributed by atoms with Crippen LogP contribution in [0.15, 0.2) is 58.1 Å². The molecule has 0 saturated carbocycles. The van der Waals surface area contributed by atoms with Gasteiger partial charge in [0.2, 0.25) is 5.88 Å². The van der Waals surface area contributed by atoms with E-state index in [4.69, 9.17) is 4.74 Å². The summed E-state index contributed by atoms with van der Waals surface area (Å²) in [6.07, 6.45) is 1.68. The minimum atomic E-state index is -0.656. The largest absolute Gasteiger partial charge is 0.497 e. The van der Waals surface area contributed by atoms with Crippen LogP contribution < -0.4 is 21.3 Å². The molecule has 0 bridgehead atoms. The van der Waals surface area contributed by atoms with Crippen LogP contribution in [0.2, 0.25) is 0 Å². The van der Waals surface area contributed by atoms with Gasteiger partial charge in [-0.3, -0.25) is 14.3 Å². The Balaban J connectivity index is 1.64. The van der Waals surface area contributed by atoms with Gasteiger partial charge in [0.1, 0.15) is 11.3 Å². The van der Waals surface area contributed by atoms with Crippen LogP contribution in [0.1, 0.15) is 41.8 Å². The van der Waals surface area contributed by atoms with Gasteiger partial charge in [0.05, 0.1) is 19.7 Å². The summed E-state index contributed by atoms with van der Waals surface area (Å²) in [5.74, 6) is 0.360. The molecule has 0 aliphatic carbocycles. The highest BCUT2D eigenvalue weighted by Gasteiger charge is 2.34. The summed E-state index contributed by atoms with van der Waals surface area (Å²) in [7, 11) is 1.58. The van der Waals surface area contributed by atoms with Crippen LogP contribution in [-0.2, 0) is 13.0 Å². The lowest BCUT2D eigenvalue weighted by Gasteiger charge is -2.31. The van der Waals surface area contributed by atoms with Gasteiger partial charge in [0.15, 0.2) is 0 Å². The summed E-state index contributed by atoms with van der Waals surface area (Å²) in [6, 6.07) is 14.8. The van der Waals surface area contributed by atoms with Gasteiger partial charge in [-0.15, -0.1) is 0 Å². The quantitative estimate of drug-likeness (QED) is 0.377. The summed E-state index contributed by atoms with van der Waals surface area (Å²) < 4.78 is 6.38. The van der Waals surface area contributed by atoms with Gasteiger partial charge < -0.3 is 20.1 Å². The summed E-state index contributed by atoms with van der Waals surface area (Å²) in [6.45, 7) is 2.20. The van der Waals surface area contributed by atoms with Gasteiger partial charge in [0, 0.05) is 22.6 Å². The molecule has 0 saturated heterocycles. The third-order valence-electron chi connectivity index (χ3n) is 6.48. The maximum atomic E-state index is 13.0. The van der Waals surface area contributed by atoms with E-state index in [0.29, 0.717) is 5.75 Å². The van der Waals surface area contributed by atoms with Crippen molar-refractivity contribution in [3.63, 3.8) is 0 Å². The second-order valence-corrected chi connectivity index (χ2v) is 8.40. The molecule has 170 valence electrons. The van der Waals surface area contributed by atoms with Gasteiger partial charge in [-0.2, -0.15) is 0 Å². The van der Waals surface area contributed by atoms with E-state index >= 15 is 0 Å². The SMILES string of the molecule is CC[C@H]1Cc2c([nH]c3ccccc23)[C@H](c2c(O)n(Cc3ccc(OC)cc3)c(=O)[nH]c2=O)N1. The highest BCUT2D eigenvalue weighted by atomic mass is 16.5. The zero-order valence-electron chi connectivity index (χ0n) is 18.5. The molecule has 4 N–H and O–H groups in total. The number of fused-ring (bicyclic) bond motifs is 3. The van der Waals surface area contributed by atoms with E-state index in [0.717, 1.165) is 40.6 Å². The van der Waals surface area contributed by atoms with Crippen molar-refractivity contribution in [3.8, 4) is 11.6 Å². The molecule has 5 rings (SSSR count). The number of benzene rings is 2. The van der Waals surface area contributed by atoms with Crippen molar-refractivity contribution in [1.29, 1.82) is 0 Å². The maximum Gasteiger partial charge on any atom is 0.331 e. The molecule has 0 radical (unpaired) electrons. The molecule has 3 heterocycles. The number of nitrogens with zero attached hydrogens (tertiary/aromatic N) is 1. The molecular weight excluding hydrogens is 420 g/mol. The molecule has 4 aromatic rings. The fourth-order valence-corrected chi connectivity index (χ4v) is 4.70. The van der Waals surface area contributed by atoms with Gasteiger partial charge in [-0.1, -0.05) is 37.3 Å². The van der Waals surface area contributed by atoms with Crippen molar-refractivity contribution >= 4 is 10.9 Å². The Hall–Kier alpha value is -3.78. The summed E-state index contributed by atoms with van der Waals surface area (Å²) >= 11 is 0. The Labute approximate surface area is 189 Å². The van der Waals surface area contributed by atoms with Crippen molar-refractivity contribution in [2.45, 2.75) is 38.4 Å². The van der Waals surface area contributed by atoms with Crippen molar-refractivity contribution in [2.75, 3.05) is 7.11 Å². The van der Waals surface area contributed by atoms with E-state index < -0.39 is 17.3 Å². The lowest BCUT2D eigenvalue weighted by atomic mass is 9.90. The second kappa shape index (κ2) is 8.29. The Morgan fingerprint density at radius 3 is 2.58 bits per heavy atom. The van der Waals surface area contributed by atoms with Gasteiger partial charge in [-0.05, 0) is 42.2 Å². The third kappa shape index (κ3) is 3.62. The number of para-hydroxylation sites is 1. The molecule has 8 heteroatoms. The molecule has 1 aliphatic rings. The number of aromatic hydroxyl groups is 1. The van der Waals surface area contributed by atoms with Crippen LogP contribution >= 0.6 is 0 Å². The van der Waals surface area contributed by atoms with E-state index in [1.807, 2.05) is 30.3 Å². The molecule has 0 amide bonds. The molecule has 1 aliphatic heterocycles. The van der Waals surface area contributed by atoms with Crippen molar-refractivity contribution in [3.05, 3.63) is 91.8 Å².